The van der Waals surface area contributed by atoms with Crippen LogP contribution < -0.4 is 16.4 Å². The number of nitrogens with one attached hydrogen (secondary N) is 2. The molecule has 0 aliphatic carbocycles. The van der Waals surface area contributed by atoms with Gasteiger partial charge in [0.25, 0.3) is 0 Å². The molecule has 0 aromatic heterocycles. The molecule has 0 fully saturated rings. The molecule has 1 aromatic carbocycles. The summed E-state index contributed by atoms with van der Waals surface area (Å²) >= 11 is 0. The Labute approximate surface area is 185 Å². The molecule has 1 rings (SSSR count). The van der Waals surface area contributed by atoms with Crippen LogP contribution in [-0.4, -0.2) is 42.5 Å². The van der Waals surface area contributed by atoms with Crippen LogP contribution in [0.3, 0.4) is 0 Å². The number of nitrogens with two attached hydrogens (primary N) is 1. The van der Waals surface area contributed by atoms with Crippen LogP contribution in [0, 0.1) is 11.8 Å². The molecule has 2 amide bonds. The second-order valence-electron chi connectivity index (χ2n) is 8.66. The molecular formula is C24H37N3O4. The minimum atomic E-state index is -0.877. The van der Waals surface area contributed by atoms with Crippen LogP contribution in [-0.2, 0) is 25.5 Å². The van der Waals surface area contributed by atoms with Gasteiger partial charge in [0.15, 0.2) is 0 Å². The van der Waals surface area contributed by atoms with E-state index >= 15 is 0 Å². The van der Waals surface area contributed by atoms with Crippen molar-refractivity contribution in [2.75, 3.05) is 6.61 Å². The van der Waals surface area contributed by atoms with Crippen LogP contribution in [0.4, 0.5) is 0 Å². The molecule has 3 atom stereocenters. The highest BCUT2D eigenvalue weighted by Gasteiger charge is 2.31. The summed E-state index contributed by atoms with van der Waals surface area (Å²) < 4.78 is 5.34. The number of amides is 2. The smallest absolute Gasteiger partial charge is 0.329 e. The lowest BCUT2D eigenvalue weighted by atomic mass is 9.99. The van der Waals surface area contributed by atoms with Crippen LogP contribution in [0.2, 0.25) is 0 Å². The van der Waals surface area contributed by atoms with Crippen molar-refractivity contribution >= 4 is 17.8 Å². The van der Waals surface area contributed by atoms with E-state index in [4.69, 9.17) is 10.5 Å². The number of hydrogen-bond donors (Lipinski definition) is 3. The number of ether oxygens (including phenoxy) is 1. The Bertz CT molecular complexity index is 755. The van der Waals surface area contributed by atoms with E-state index < -0.39 is 35.9 Å². The normalized spacial score (nSPS) is 13.8. The van der Waals surface area contributed by atoms with E-state index in [-0.39, 0.29) is 24.9 Å². The minimum absolute atomic E-state index is 0.0632. The largest absolute Gasteiger partial charge is 0.460 e. The zero-order chi connectivity index (χ0) is 23.6. The summed E-state index contributed by atoms with van der Waals surface area (Å²) in [7, 11) is 0. The Morgan fingerprint density at radius 3 is 2.10 bits per heavy atom. The molecule has 0 aliphatic rings. The average Bonchev–Trinajstić information content (AvgIpc) is 2.70. The zero-order valence-corrected chi connectivity index (χ0v) is 19.5. The summed E-state index contributed by atoms with van der Waals surface area (Å²) in [5.41, 5.74) is 7.83. The van der Waals surface area contributed by atoms with Crippen molar-refractivity contribution in [1.29, 1.82) is 0 Å². The monoisotopic (exact) mass is 431 g/mol. The van der Waals surface area contributed by atoms with E-state index in [9.17, 15) is 14.4 Å². The van der Waals surface area contributed by atoms with Crippen molar-refractivity contribution in [3.63, 3.8) is 0 Å². The Morgan fingerprint density at radius 1 is 0.968 bits per heavy atom. The van der Waals surface area contributed by atoms with Gasteiger partial charge in [0.05, 0.1) is 6.04 Å². The first-order chi connectivity index (χ1) is 14.5. The number of esters is 1. The molecule has 0 aliphatic heterocycles. The van der Waals surface area contributed by atoms with Crippen molar-refractivity contribution in [2.45, 2.75) is 66.1 Å². The second kappa shape index (κ2) is 12.9. The molecule has 0 bridgehead atoms. The summed E-state index contributed by atoms with van der Waals surface area (Å²) in [4.78, 5) is 38.1. The first kappa shape index (κ1) is 26.4. The lowest BCUT2D eigenvalue weighted by Crippen LogP contribution is -2.57. The molecule has 7 nitrogen and oxygen atoms in total. The first-order valence-electron chi connectivity index (χ1n) is 10.7. The molecular weight excluding hydrogens is 394 g/mol. The fourth-order valence-electron chi connectivity index (χ4n) is 2.78. The maximum atomic E-state index is 13.0. The number of hydrogen-bond acceptors (Lipinski definition) is 5. The Hall–Kier alpha value is -2.67. The molecule has 0 saturated heterocycles. The predicted octanol–water partition coefficient (Wildman–Crippen LogP) is 2.35. The highest BCUT2D eigenvalue weighted by atomic mass is 16.5. The van der Waals surface area contributed by atoms with Gasteiger partial charge in [0, 0.05) is 6.42 Å². The van der Waals surface area contributed by atoms with Crippen molar-refractivity contribution in [3.05, 3.63) is 47.5 Å². The van der Waals surface area contributed by atoms with Crippen LogP contribution in [0.25, 0.3) is 0 Å². The standard InChI is InChI=1S/C24H37N3O4/c1-15(2)12-13-31-24(30)19(14-18-10-8-7-9-11-18)26-23(29)21(17(5)6)27-22(28)20(25)16(3)4/h7-12,16-17,19-21H,13-14,25H2,1-6H3,(H,26,29)(H,27,28)/t19-,20-,21-/m0/s1. The predicted molar refractivity (Wildman–Crippen MR) is 122 cm³/mol. The molecule has 1 aromatic rings. The van der Waals surface area contributed by atoms with Gasteiger partial charge < -0.3 is 21.1 Å². The van der Waals surface area contributed by atoms with Crippen LogP contribution in [0.1, 0.15) is 47.1 Å². The third-order valence-electron chi connectivity index (χ3n) is 4.87. The molecule has 0 saturated carbocycles. The van der Waals surface area contributed by atoms with Gasteiger partial charge in [-0.2, -0.15) is 0 Å². The van der Waals surface area contributed by atoms with Gasteiger partial charge in [0.2, 0.25) is 11.8 Å². The fourth-order valence-corrected chi connectivity index (χ4v) is 2.78. The van der Waals surface area contributed by atoms with Crippen LogP contribution in [0.15, 0.2) is 42.0 Å². The number of rotatable bonds is 11. The lowest BCUT2D eigenvalue weighted by molar-refractivity contribution is -0.147. The lowest BCUT2D eigenvalue weighted by Gasteiger charge is -2.26. The van der Waals surface area contributed by atoms with Crippen LogP contribution >= 0.6 is 0 Å². The van der Waals surface area contributed by atoms with E-state index in [2.05, 4.69) is 10.6 Å². The number of carbonyl (C=O) groups is 3. The molecule has 7 heteroatoms. The van der Waals surface area contributed by atoms with E-state index in [1.807, 2.05) is 71.9 Å². The second-order valence-corrected chi connectivity index (χ2v) is 8.66. The van der Waals surface area contributed by atoms with Crippen LogP contribution in [0.5, 0.6) is 0 Å². The third kappa shape index (κ3) is 9.34. The van der Waals surface area contributed by atoms with Gasteiger partial charge in [-0.1, -0.05) is 63.6 Å². The topological polar surface area (TPSA) is 111 Å². The van der Waals surface area contributed by atoms with E-state index in [1.54, 1.807) is 6.08 Å². The zero-order valence-electron chi connectivity index (χ0n) is 19.5. The van der Waals surface area contributed by atoms with Crippen molar-refractivity contribution < 1.29 is 19.1 Å². The van der Waals surface area contributed by atoms with Crippen molar-refractivity contribution in [2.24, 2.45) is 17.6 Å². The van der Waals surface area contributed by atoms with Gasteiger partial charge >= 0.3 is 5.97 Å². The Balaban J connectivity index is 2.97. The highest BCUT2D eigenvalue weighted by molar-refractivity contribution is 5.92. The third-order valence-corrected chi connectivity index (χ3v) is 4.87. The van der Waals surface area contributed by atoms with Gasteiger partial charge in [-0.25, -0.2) is 4.79 Å². The van der Waals surface area contributed by atoms with Gasteiger partial charge in [-0.3, -0.25) is 9.59 Å². The average molecular weight is 432 g/mol. The Morgan fingerprint density at radius 2 is 1.58 bits per heavy atom. The van der Waals surface area contributed by atoms with E-state index in [1.165, 1.54) is 0 Å². The number of allylic oxidation sites excluding steroid dienone is 1. The van der Waals surface area contributed by atoms with E-state index in [0.717, 1.165) is 11.1 Å². The highest BCUT2D eigenvalue weighted by Crippen LogP contribution is 2.09. The Kier molecular flexibility index (Phi) is 11.0. The SMILES string of the molecule is CC(C)=CCOC(=O)[C@H](Cc1ccccc1)NC(=O)[C@@H](NC(=O)[C@@H](N)C(C)C)C(C)C. The molecule has 0 unspecified atom stereocenters. The first-order valence-corrected chi connectivity index (χ1v) is 10.7. The van der Waals surface area contributed by atoms with Gasteiger partial charge in [-0.05, 0) is 37.3 Å². The van der Waals surface area contributed by atoms with Gasteiger partial charge in [0.1, 0.15) is 18.7 Å². The molecule has 0 heterocycles. The summed E-state index contributed by atoms with van der Waals surface area (Å²) in [6, 6.07) is 6.96. The van der Waals surface area contributed by atoms with Gasteiger partial charge in [-0.15, -0.1) is 0 Å². The number of carbonyl (C=O) groups excluding carboxylic acids is 3. The summed E-state index contributed by atoms with van der Waals surface area (Å²) in [5.74, 6) is -1.62. The van der Waals surface area contributed by atoms with E-state index in [0.29, 0.717) is 0 Å². The molecule has 0 radical (unpaired) electrons. The summed E-state index contributed by atoms with van der Waals surface area (Å²) in [6.07, 6.45) is 2.08. The molecule has 31 heavy (non-hydrogen) atoms. The van der Waals surface area contributed by atoms with Crippen molar-refractivity contribution in [3.8, 4) is 0 Å². The maximum absolute atomic E-state index is 13.0. The molecule has 172 valence electrons. The minimum Gasteiger partial charge on any atom is -0.460 e. The quantitative estimate of drug-likeness (QED) is 0.368. The summed E-state index contributed by atoms with van der Waals surface area (Å²) in [6.45, 7) is 11.3. The van der Waals surface area contributed by atoms with Crippen molar-refractivity contribution in [1.82, 2.24) is 10.6 Å². The molecule has 4 N–H and O–H groups in total. The fraction of sp³-hybridized carbons (Fsp3) is 0.542. The molecule has 0 spiro atoms. The maximum Gasteiger partial charge on any atom is 0.329 e. The summed E-state index contributed by atoms with van der Waals surface area (Å²) in [5, 5.41) is 5.49. The number of benzene rings is 1.